The highest BCUT2D eigenvalue weighted by atomic mass is 79.9. The van der Waals surface area contributed by atoms with E-state index in [1.54, 1.807) is 24.5 Å². The monoisotopic (exact) mass is 343 g/mol. The number of hydrazine groups is 1. The van der Waals surface area contributed by atoms with Gasteiger partial charge in [-0.3, -0.25) is 16.3 Å². The van der Waals surface area contributed by atoms with E-state index in [1.165, 1.54) is 6.07 Å². The Labute approximate surface area is 124 Å². The lowest BCUT2D eigenvalue weighted by Gasteiger charge is -2.18. The van der Waals surface area contributed by atoms with Crippen molar-refractivity contribution < 1.29 is 4.39 Å². The lowest BCUT2D eigenvalue weighted by atomic mass is 10.0. The third-order valence-electron chi connectivity index (χ3n) is 2.76. The van der Waals surface area contributed by atoms with Gasteiger partial charge in [0.2, 0.25) is 0 Å². The molecule has 1 atom stereocenters. The van der Waals surface area contributed by atoms with Crippen molar-refractivity contribution in [3.8, 4) is 0 Å². The van der Waals surface area contributed by atoms with Crippen molar-refractivity contribution in [2.24, 2.45) is 5.84 Å². The van der Waals surface area contributed by atoms with Gasteiger partial charge in [0, 0.05) is 16.9 Å². The van der Waals surface area contributed by atoms with Crippen LogP contribution in [0.1, 0.15) is 17.2 Å². The number of hydrogen-bond donors (Lipinski definition) is 2. The van der Waals surface area contributed by atoms with Gasteiger partial charge in [0.25, 0.3) is 0 Å². The quantitative estimate of drug-likeness (QED) is 0.660. The molecule has 0 amide bonds. The Kier molecular flexibility index (Phi) is 4.87. The summed E-state index contributed by atoms with van der Waals surface area (Å²) in [5.74, 6) is 5.09. The van der Waals surface area contributed by atoms with Crippen LogP contribution in [0, 0.1) is 5.82 Å². The molecule has 19 heavy (non-hydrogen) atoms. The molecular weight excluding hydrogens is 333 g/mol. The zero-order valence-electron chi connectivity index (χ0n) is 9.91. The first kappa shape index (κ1) is 14.4. The van der Waals surface area contributed by atoms with E-state index in [2.05, 4.69) is 26.3 Å². The number of rotatable bonds is 4. The SMILES string of the molecule is NNC(Cc1cncc(Br)c1)c1cccc(F)c1Cl. The highest BCUT2D eigenvalue weighted by Crippen LogP contribution is 2.27. The fourth-order valence-electron chi connectivity index (χ4n) is 1.85. The lowest BCUT2D eigenvalue weighted by molar-refractivity contribution is 0.544. The number of hydrogen-bond acceptors (Lipinski definition) is 3. The van der Waals surface area contributed by atoms with E-state index >= 15 is 0 Å². The topological polar surface area (TPSA) is 50.9 Å². The van der Waals surface area contributed by atoms with Gasteiger partial charge in [-0.2, -0.15) is 0 Å². The van der Waals surface area contributed by atoms with Crippen LogP contribution in [0.2, 0.25) is 5.02 Å². The first-order chi connectivity index (χ1) is 9.11. The maximum Gasteiger partial charge on any atom is 0.142 e. The summed E-state index contributed by atoms with van der Waals surface area (Å²) in [5.41, 5.74) is 4.26. The van der Waals surface area contributed by atoms with Crippen molar-refractivity contribution in [2.75, 3.05) is 0 Å². The molecule has 2 rings (SSSR count). The van der Waals surface area contributed by atoms with Gasteiger partial charge >= 0.3 is 0 Å². The Bertz CT molecular complexity index is 580. The molecule has 0 bridgehead atoms. The molecule has 1 heterocycles. The molecule has 0 saturated heterocycles. The van der Waals surface area contributed by atoms with Gasteiger partial charge in [0.05, 0.1) is 11.1 Å². The number of pyridine rings is 1. The molecule has 0 spiro atoms. The van der Waals surface area contributed by atoms with Gasteiger partial charge in [-0.25, -0.2) is 4.39 Å². The fourth-order valence-corrected chi connectivity index (χ4v) is 2.52. The Morgan fingerprint density at radius 3 is 2.89 bits per heavy atom. The minimum absolute atomic E-state index is 0.0911. The molecule has 0 aliphatic carbocycles. The summed E-state index contributed by atoms with van der Waals surface area (Å²) in [5, 5.41) is 0.0911. The summed E-state index contributed by atoms with van der Waals surface area (Å²) < 4.78 is 14.3. The molecule has 3 N–H and O–H groups in total. The first-order valence-electron chi connectivity index (χ1n) is 5.61. The average Bonchev–Trinajstić information content (AvgIpc) is 2.40. The number of benzene rings is 1. The van der Waals surface area contributed by atoms with Crippen molar-refractivity contribution in [2.45, 2.75) is 12.5 Å². The van der Waals surface area contributed by atoms with E-state index in [0.717, 1.165) is 10.0 Å². The normalized spacial score (nSPS) is 12.4. The molecule has 0 saturated carbocycles. The molecule has 0 radical (unpaired) electrons. The molecule has 0 fully saturated rings. The minimum atomic E-state index is -0.452. The van der Waals surface area contributed by atoms with Crippen molar-refractivity contribution in [3.63, 3.8) is 0 Å². The molecular formula is C13H12BrClFN3. The summed E-state index contributed by atoms with van der Waals surface area (Å²) in [6.07, 6.45) is 4.00. The highest BCUT2D eigenvalue weighted by molar-refractivity contribution is 9.10. The van der Waals surface area contributed by atoms with E-state index in [-0.39, 0.29) is 11.1 Å². The summed E-state index contributed by atoms with van der Waals surface area (Å²) in [6.45, 7) is 0. The van der Waals surface area contributed by atoms with Gasteiger partial charge in [-0.15, -0.1) is 0 Å². The molecule has 0 aliphatic heterocycles. The molecule has 3 nitrogen and oxygen atoms in total. The molecule has 0 aliphatic rings. The smallest absolute Gasteiger partial charge is 0.142 e. The van der Waals surface area contributed by atoms with Crippen LogP contribution in [-0.2, 0) is 6.42 Å². The Morgan fingerprint density at radius 1 is 1.42 bits per heavy atom. The van der Waals surface area contributed by atoms with Gasteiger partial charge in [0.15, 0.2) is 0 Å². The van der Waals surface area contributed by atoms with E-state index < -0.39 is 5.82 Å². The van der Waals surface area contributed by atoms with E-state index in [1.807, 2.05) is 6.07 Å². The van der Waals surface area contributed by atoms with Crippen LogP contribution in [0.4, 0.5) is 4.39 Å². The summed E-state index contributed by atoms with van der Waals surface area (Å²) in [7, 11) is 0. The molecule has 2 aromatic rings. The minimum Gasteiger partial charge on any atom is -0.271 e. The number of nitrogens with zero attached hydrogens (tertiary/aromatic N) is 1. The highest BCUT2D eigenvalue weighted by Gasteiger charge is 2.16. The van der Waals surface area contributed by atoms with Gasteiger partial charge in [-0.1, -0.05) is 23.7 Å². The second kappa shape index (κ2) is 6.43. The second-order valence-electron chi connectivity index (χ2n) is 4.08. The van der Waals surface area contributed by atoms with Gasteiger partial charge in [0.1, 0.15) is 5.82 Å². The number of aromatic nitrogens is 1. The van der Waals surface area contributed by atoms with Crippen molar-refractivity contribution in [3.05, 3.63) is 63.1 Å². The molecule has 6 heteroatoms. The predicted octanol–water partition coefficient (Wildman–Crippen LogP) is 3.38. The molecule has 1 unspecified atom stereocenters. The molecule has 100 valence electrons. The molecule has 1 aromatic heterocycles. The molecule has 1 aromatic carbocycles. The maximum absolute atomic E-state index is 13.5. The Balaban J connectivity index is 2.28. The summed E-state index contributed by atoms with van der Waals surface area (Å²) in [6, 6.07) is 6.34. The van der Waals surface area contributed by atoms with Crippen LogP contribution in [0.15, 0.2) is 41.1 Å². The summed E-state index contributed by atoms with van der Waals surface area (Å²) >= 11 is 9.32. The van der Waals surface area contributed by atoms with Crippen LogP contribution in [0.3, 0.4) is 0 Å². The fraction of sp³-hybridized carbons (Fsp3) is 0.154. The van der Waals surface area contributed by atoms with Crippen molar-refractivity contribution in [1.82, 2.24) is 10.4 Å². The van der Waals surface area contributed by atoms with E-state index in [4.69, 9.17) is 17.4 Å². The van der Waals surface area contributed by atoms with Crippen LogP contribution >= 0.6 is 27.5 Å². The predicted molar refractivity (Wildman–Crippen MR) is 77.1 cm³/mol. The van der Waals surface area contributed by atoms with Crippen LogP contribution in [0.25, 0.3) is 0 Å². The Morgan fingerprint density at radius 2 is 2.21 bits per heavy atom. The largest absolute Gasteiger partial charge is 0.271 e. The Hall–Kier alpha value is -1.01. The zero-order chi connectivity index (χ0) is 13.8. The van der Waals surface area contributed by atoms with Gasteiger partial charge in [-0.05, 0) is 45.6 Å². The van der Waals surface area contributed by atoms with Crippen LogP contribution < -0.4 is 11.3 Å². The number of nitrogens with one attached hydrogen (secondary N) is 1. The van der Waals surface area contributed by atoms with E-state index in [0.29, 0.717) is 12.0 Å². The van der Waals surface area contributed by atoms with Crippen LogP contribution in [-0.4, -0.2) is 4.98 Å². The van der Waals surface area contributed by atoms with E-state index in [9.17, 15) is 4.39 Å². The average molecular weight is 345 g/mol. The first-order valence-corrected chi connectivity index (χ1v) is 6.78. The van der Waals surface area contributed by atoms with Crippen LogP contribution in [0.5, 0.6) is 0 Å². The number of halogens is 3. The van der Waals surface area contributed by atoms with Crippen molar-refractivity contribution in [1.29, 1.82) is 0 Å². The second-order valence-corrected chi connectivity index (χ2v) is 5.37. The lowest BCUT2D eigenvalue weighted by Crippen LogP contribution is -2.30. The summed E-state index contributed by atoms with van der Waals surface area (Å²) in [4.78, 5) is 4.08. The third-order valence-corrected chi connectivity index (χ3v) is 3.59. The van der Waals surface area contributed by atoms with Gasteiger partial charge < -0.3 is 0 Å². The van der Waals surface area contributed by atoms with Crippen molar-refractivity contribution >= 4 is 27.5 Å². The number of nitrogens with two attached hydrogens (primary N) is 1. The third kappa shape index (κ3) is 3.51. The zero-order valence-corrected chi connectivity index (χ0v) is 12.2. The maximum atomic E-state index is 13.5. The standard InChI is InChI=1S/C13H12BrClFN3/c14-9-4-8(6-18-7-9)5-12(19-17)10-2-1-3-11(16)13(10)15/h1-4,6-7,12,19H,5,17H2.